The Morgan fingerprint density at radius 3 is 1.33 bits per heavy atom. The average molecular weight is 242 g/mol. The summed E-state index contributed by atoms with van der Waals surface area (Å²) in [6, 6.07) is 14.7. The second-order valence-corrected chi connectivity index (χ2v) is 4.69. The minimum atomic E-state index is 0.138. The molecular formula is C16H18O2. The minimum Gasteiger partial charge on any atom is -0.508 e. The van der Waals surface area contributed by atoms with Gasteiger partial charge in [-0.05, 0) is 35.1 Å². The lowest BCUT2D eigenvalue weighted by Gasteiger charge is -2.22. The van der Waals surface area contributed by atoms with Crippen molar-refractivity contribution in [3.05, 3.63) is 59.7 Å². The van der Waals surface area contributed by atoms with Gasteiger partial charge in [0.15, 0.2) is 0 Å². The van der Waals surface area contributed by atoms with Gasteiger partial charge in [-0.15, -0.1) is 0 Å². The molecule has 94 valence electrons. The van der Waals surface area contributed by atoms with E-state index >= 15 is 0 Å². The van der Waals surface area contributed by atoms with E-state index in [1.807, 2.05) is 36.4 Å². The zero-order valence-electron chi connectivity index (χ0n) is 10.7. The Morgan fingerprint density at radius 1 is 0.667 bits per heavy atom. The Morgan fingerprint density at radius 2 is 1.00 bits per heavy atom. The Kier molecular flexibility index (Phi) is 3.56. The largest absolute Gasteiger partial charge is 0.508 e. The molecule has 2 unspecified atom stereocenters. The molecule has 0 aliphatic heterocycles. The van der Waals surface area contributed by atoms with Gasteiger partial charge in [-0.3, -0.25) is 0 Å². The maximum Gasteiger partial charge on any atom is 0.119 e. The van der Waals surface area contributed by atoms with Crippen LogP contribution in [0.25, 0.3) is 0 Å². The second-order valence-electron chi connectivity index (χ2n) is 4.69. The number of hydrogen-bond donors (Lipinski definition) is 2. The fourth-order valence-electron chi connectivity index (χ4n) is 2.28. The lowest BCUT2D eigenvalue weighted by atomic mass is 9.83. The van der Waals surface area contributed by atoms with Crippen molar-refractivity contribution in [2.24, 2.45) is 0 Å². The lowest BCUT2D eigenvalue weighted by molar-refractivity contribution is 0.444. The highest BCUT2D eigenvalue weighted by Gasteiger charge is 2.20. The summed E-state index contributed by atoms with van der Waals surface area (Å²) in [7, 11) is 0. The molecule has 2 aromatic rings. The third-order valence-corrected chi connectivity index (χ3v) is 3.60. The standard InChI is InChI=1S/C16H18O2/c1-11(13-7-3-5-9-15(13)17)12(2)14-8-4-6-10-16(14)18/h3-12,17-18H,1-2H3. The molecular weight excluding hydrogens is 224 g/mol. The van der Waals surface area contributed by atoms with Gasteiger partial charge in [-0.2, -0.15) is 0 Å². The molecule has 2 nitrogen and oxygen atoms in total. The molecule has 0 spiro atoms. The molecule has 0 aliphatic rings. The van der Waals surface area contributed by atoms with Crippen molar-refractivity contribution in [2.45, 2.75) is 25.7 Å². The van der Waals surface area contributed by atoms with Crippen molar-refractivity contribution in [3.8, 4) is 11.5 Å². The summed E-state index contributed by atoms with van der Waals surface area (Å²) >= 11 is 0. The molecule has 2 atom stereocenters. The Balaban J connectivity index is 2.33. The highest BCUT2D eigenvalue weighted by atomic mass is 16.3. The van der Waals surface area contributed by atoms with Crippen LogP contribution in [-0.2, 0) is 0 Å². The first-order valence-corrected chi connectivity index (χ1v) is 6.17. The Labute approximate surface area is 108 Å². The summed E-state index contributed by atoms with van der Waals surface area (Å²) in [6.45, 7) is 4.12. The molecule has 0 heterocycles. The van der Waals surface area contributed by atoms with Crippen LogP contribution in [0.4, 0.5) is 0 Å². The van der Waals surface area contributed by atoms with E-state index in [4.69, 9.17) is 0 Å². The summed E-state index contributed by atoms with van der Waals surface area (Å²) in [4.78, 5) is 0. The molecule has 0 radical (unpaired) electrons. The zero-order chi connectivity index (χ0) is 13.1. The fraction of sp³-hybridized carbons (Fsp3) is 0.250. The van der Waals surface area contributed by atoms with E-state index in [1.54, 1.807) is 12.1 Å². The van der Waals surface area contributed by atoms with Gasteiger partial charge in [0.05, 0.1) is 0 Å². The molecule has 0 bridgehead atoms. The van der Waals surface area contributed by atoms with Crippen LogP contribution in [0.15, 0.2) is 48.5 Å². The van der Waals surface area contributed by atoms with Gasteiger partial charge >= 0.3 is 0 Å². The van der Waals surface area contributed by atoms with E-state index in [2.05, 4.69) is 13.8 Å². The van der Waals surface area contributed by atoms with Crippen LogP contribution in [0.2, 0.25) is 0 Å². The van der Waals surface area contributed by atoms with E-state index in [-0.39, 0.29) is 11.8 Å². The van der Waals surface area contributed by atoms with E-state index in [1.165, 1.54) is 0 Å². The van der Waals surface area contributed by atoms with Crippen molar-refractivity contribution in [2.75, 3.05) is 0 Å². The van der Waals surface area contributed by atoms with Gasteiger partial charge in [-0.1, -0.05) is 50.2 Å². The first-order valence-electron chi connectivity index (χ1n) is 6.17. The number of benzene rings is 2. The normalized spacial score (nSPS) is 14.1. The molecule has 0 amide bonds. The van der Waals surface area contributed by atoms with Crippen molar-refractivity contribution in [1.82, 2.24) is 0 Å². The highest BCUT2D eigenvalue weighted by molar-refractivity contribution is 5.41. The maximum absolute atomic E-state index is 9.88. The highest BCUT2D eigenvalue weighted by Crippen LogP contribution is 2.39. The van der Waals surface area contributed by atoms with Gasteiger partial charge in [0, 0.05) is 0 Å². The van der Waals surface area contributed by atoms with Crippen LogP contribution < -0.4 is 0 Å². The van der Waals surface area contributed by atoms with Gasteiger partial charge in [0.1, 0.15) is 11.5 Å². The number of hydrogen-bond acceptors (Lipinski definition) is 2. The number of para-hydroxylation sites is 2. The maximum atomic E-state index is 9.88. The molecule has 0 aromatic heterocycles. The summed E-state index contributed by atoms with van der Waals surface area (Å²) in [5.41, 5.74) is 1.82. The van der Waals surface area contributed by atoms with Crippen LogP contribution in [0.3, 0.4) is 0 Å². The first kappa shape index (κ1) is 12.5. The quantitative estimate of drug-likeness (QED) is 0.853. The van der Waals surface area contributed by atoms with Crippen LogP contribution in [-0.4, -0.2) is 10.2 Å². The molecule has 0 saturated carbocycles. The summed E-state index contributed by atoms with van der Waals surface area (Å²) in [5.74, 6) is 0.901. The number of rotatable bonds is 3. The van der Waals surface area contributed by atoms with E-state index in [9.17, 15) is 10.2 Å². The third-order valence-electron chi connectivity index (χ3n) is 3.60. The molecule has 2 heteroatoms. The van der Waals surface area contributed by atoms with E-state index < -0.39 is 0 Å². The van der Waals surface area contributed by atoms with Crippen LogP contribution in [0.1, 0.15) is 36.8 Å². The second kappa shape index (κ2) is 5.13. The lowest BCUT2D eigenvalue weighted by Crippen LogP contribution is -2.05. The van der Waals surface area contributed by atoms with Crippen molar-refractivity contribution in [3.63, 3.8) is 0 Å². The molecule has 2 rings (SSSR count). The SMILES string of the molecule is CC(c1ccccc1O)C(C)c1ccccc1O. The van der Waals surface area contributed by atoms with Crippen LogP contribution in [0.5, 0.6) is 11.5 Å². The number of phenolic OH excluding ortho intramolecular Hbond substituents is 2. The summed E-state index contributed by atoms with van der Waals surface area (Å²) < 4.78 is 0. The van der Waals surface area contributed by atoms with Crippen molar-refractivity contribution >= 4 is 0 Å². The monoisotopic (exact) mass is 242 g/mol. The summed E-state index contributed by atoms with van der Waals surface area (Å²) in [5, 5.41) is 19.8. The van der Waals surface area contributed by atoms with E-state index in [0.29, 0.717) is 11.5 Å². The van der Waals surface area contributed by atoms with Crippen molar-refractivity contribution in [1.29, 1.82) is 0 Å². The molecule has 2 N–H and O–H groups in total. The molecule has 2 aromatic carbocycles. The topological polar surface area (TPSA) is 40.5 Å². The number of aromatic hydroxyl groups is 2. The van der Waals surface area contributed by atoms with Crippen LogP contribution >= 0.6 is 0 Å². The van der Waals surface area contributed by atoms with Crippen molar-refractivity contribution < 1.29 is 10.2 Å². The predicted molar refractivity (Wildman–Crippen MR) is 73.0 cm³/mol. The molecule has 0 fully saturated rings. The smallest absolute Gasteiger partial charge is 0.119 e. The van der Waals surface area contributed by atoms with Crippen LogP contribution in [0, 0.1) is 0 Å². The van der Waals surface area contributed by atoms with Gasteiger partial charge in [0.2, 0.25) is 0 Å². The minimum absolute atomic E-state index is 0.138. The fourth-order valence-corrected chi connectivity index (χ4v) is 2.28. The Hall–Kier alpha value is -1.96. The van der Waals surface area contributed by atoms with Gasteiger partial charge < -0.3 is 10.2 Å². The Bertz CT molecular complexity index is 485. The number of phenols is 2. The van der Waals surface area contributed by atoms with E-state index in [0.717, 1.165) is 11.1 Å². The van der Waals surface area contributed by atoms with Gasteiger partial charge in [-0.25, -0.2) is 0 Å². The molecule has 0 saturated heterocycles. The zero-order valence-corrected chi connectivity index (χ0v) is 10.7. The molecule has 18 heavy (non-hydrogen) atoms. The summed E-state index contributed by atoms with van der Waals surface area (Å²) in [6.07, 6.45) is 0. The third kappa shape index (κ3) is 2.33. The van der Waals surface area contributed by atoms with Gasteiger partial charge in [0.25, 0.3) is 0 Å². The molecule has 0 aliphatic carbocycles. The average Bonchev–Trinajstić information content (AvgIpc) is 2.38. The predicted octanol–water partition coefficient (Wildman–Crippen LogP) is 4.01. The first-order chi connectivity index (χ1) is 8.61.